The van der Waals surface area contributed by atoms with Gasteiger partial charge in [0.25, 0.3) is 0 Å². The first kappa shape index (κ1) is 11.8. The predicted molar refractivity (Wildman–Crippen MR) is 65.1 cm³/mol. The second-order valence-corrected chi connectivity index (χ2v) is 4.45. The van der Waals surface area contributed by atoms with Crippen molar-refractivity contribution in [3.63, 3.8) is 0 Å². The molecule has 0 spiro atoms. The fourth-order valence-electron chi connectivity index (χ4n) is 1.56. The predicted octanol–water partition coefficient (Wildman–Crippen LogP) is 1.97. The van der Waals surface area contributed by atoms with E-state index in [4.69, 9.17) is 5.11 Å². The molecule has 6 heteroatoms. The highest BCUT2D eigenvalue weighted by atomic mass is 79.9. The molecule has 0 saturated carbocycles. The van der Waals surface area contributed by atoms with E-state index in [-0.39, 0.29) is 6.42 Å². The monoisotopic (exact) mass is 295 g/mol. The number of nitrogens with zero attached hydrogens (tertiary/aromatic N) is 3. The molecule has 17 heavy (non-hydrogen) atoms. The van der Waals surface area contributed by atoms with Gasteiger partial charge in [-0.3, -0.25) is 4.79 Å². The molecule has 0 amide bonds. The van der Waals surface area contributed by atoms with Gasteiger partial charge >= 0.3 is 5.97 Å². The highest BCUT2D eigenvalue weighted by molar-refractivity contribution is 9.10. The Labute approximate surface area is 106 Å². The number of carboxylic acid groups (broad SMARTS) is 1. The number of rotatable bonds is 3. The van der Waals surface area contributed by atoms with Crippen molar-refractivity contribution >= 4 is 21.9 Å². The molecule has 2 rings (SSSR count). The standard InChI is InChI=1S/C11H10BrN3O2/c1-7-9(12)3-2-4-10(7)15-8(5-11(16)17)6-13-14-15/h2-4,6H,5H2,1H3,(H,16,17). The lowest BCUT2D eigenvalue weighted by molar-refractivity contribution is -0.136. The van der Waals surface area contributed by atoms with Gasteiger partial charge < -0.3 is 5.11 Å². The molecule has 5 nitrogen and oxygen atoms in total. The lowest BCUT2D eigenvalue weighted by Crippen LogP contribution is -2.09. The molecular weight excluding hydrogens is 286 g/mol. The van der Waals surface area contributed by atoms with Crippen LogP contribution < -0.4 is 0 Å². The van der Waals surface area contributed by atoms with Crippen LogP contribution in [-0.2, 0) is 11.2 Å². The minimum Gasteiger partial charge on any atom is -0.481 e. The molecule has 1 aromatic carbocycles. The molecule has 0 aliphatic heterocycles. The van der Waals surface area contributed by atoms with E-state index >= 15 is 0 Å². The van der Waals surface area contributed by atoms with Gasteiger partial charge in [-0.1, -0.05) is 27.2 Å². The zero-order chi connectivity index (χ0) is 12.4. The Balaban J connectivity index is 2.50. The Bertz CT molecular complexity index is 566. The molecule has 2 aromatic rings. The van der Waals surface area contributed by atoms with Crippen LogP contribution in [0.15, 0.2) is 28.9 Å². The van der Waals surface area contributed by atoms with Crippen molar-refractivity contribution in [3.05, 3.63) is 40.1 Å². The summed E-state index contributed by atoms with van der Waals surface area (Å²) >= 11 is 3.43. The average molecular weight is 296 g/mol. The number of carbonyl (C=O) groups is 1. The Hall–Kier alpha value is -1.69. The third-order valence-electron chi connectivity index (χ3n) is 2.42. The molecule has 0 aliphatic carbocycles. The molecule has 0 atom stereocenters. The van der Waals surface area contributed by atoms with Crippen LogP contribution in [0.4, 0.5) is 0 Å². The van der Waals surface area contributed by atoms with Gasteiger partial charge in [0.05, 0.1) is 24.0 Å². The molecule has 1 heterocycles. The average Bonchev–Trinajstić information content (AvgIpc) is 2.69. The zero-order valence-electron chi connectivity index (χ0n) is 9.09. The molecule has 1 N–H and O–H groups in total. The molecule has 0 unspecified atom stereocenters. The maximum Gasteiger partial charge on any atom is 0.309 e. The lowest BCUT2D eigenvalue weighted by Gasteiger charge is -2.09. The van der Waals surface area contributed by atoms with Crippen molar-refractivity contribution in [1.82, 2.24) is 15.0 Å². The molecule has 1 aromatic heterocycles. The summed E-state index contributed by atoms with van der Waals surface area (Å²) in [6.07, 6.45) is 1.37. The van der Waals surface area contributed by atoms with Crippen LogP contribution in [0.25, 0.3) is 5.69 Å². The van der Waals surface area contributed by atoms with Crippen molar-refractivity contribution < 1.29 is 9.90 Å². The number of hydrogen-bond donors (Lipinski definition) is 1. The van der Waals surface area contributed by atoms with Crippen molar-refractivity contribution in [2.75, 3.05) is 0 Å². The van der Waals surface area contributed by atoms with Crippen LogP contribution in [0.3, 0.4) is 0 Å². The van der Waals surface area contributed by atoms with E-state index in [0.717, 1.165) is 15.7 Å². The van der Waals surface area contributed by atoms with Crippen LogP contribution in [0.1, 0.15) is 11.3 Å². The largest absolute Gasteiger partial charge is 0.481 e. The smallest absolute Gasteiger partial charge is 0.309 e. The Morgan fingerprint density at radius 1 is 1.53 bits per heavy atom. The quantitative estimate of drug-likeness (QED) is 0.940. The SMILES string of the molecule is Cc1c(Br)cccc1-n1nncc1CC(=O)O. The van der Waals surface area contributed by atoms with E-state index in [0.29, 0.717) is 5.69 Å². The number of carboxylic acids is 1. The van der Waals surface area contributed by atoms with Gasteiger partial charge in [-0.25, -0.2) is 4.68 Å². The highest BCUT2D eigenvalue weighted by Crippen LogP contribution is 2.22. The summed E-state index contributed by atoms with van der Waals surface area (Å²) < 4.78 is 2.50. The Morgan fingerprint density at radius 3 is 3.00 bits per heavy atom. The first-order valence-electron chi connectivity index (χ1n) is 4.96. The summed E-state index contributed by atoms with van der Waals surface area (Å²) in [5.74, 6) is -0.902. The minimum atomic E-state index is -0.902. The summed E-state index contributed by atoms with van der Waals surface area (Å²) in [6, 6.07) is 5.67. The summed E-state index contributed by atoms with van der Waals surface area (Å²) in [6.45, 7) is 1.94. The van der Waals surface area contributed by atoms with Gasteiger partial charge in [0.2, 0.25) is 0 Å². The first-order chi connectivity index (χ1) is 8.09. The Morgan fingerprint density at radius 2 is 2.29 bits per heavy atom. The summed E-state index contributed by atoms with van der Waals surface area (Å²) in [5.41, 5.74) is 2.37. The van der Waals surface area contributed by atoms with Gasteiger partial charge in [0.1, 0.15) is 0 Å². The molecule has 0 radical (unpaired) electrons. The molecular formula is C11H10BrN3O2. The lowest BCUT2D eigenvalue weighted by atomic mass is 10.2. The van der Waals surface area contributed by atoms with Crippen molar-refractivity contribution in [3.8, 4) is 5.69 Å². The van der Waals surface area contributed by atoms with E-state index in [2.05, 4.69) is 26.2 Å². The van der Waals surface area contributed by atoms with Crippen LogP contribution in [-0.4, -0.2) is 26.1 Å². The van der Waals surface area contributed by atoms with Crippen molar-refractivity contribution in [2.24, 2.45) is 0 Å². The second kappa shape index (κ2) is 4.67. The van der Waals surface area contributed by atoms with E-state index in [1.807, 2.05) is 25.1 Å². The van der Waals surface area contributed by atoms with Crippen molar-refractivity contribution in [1.29, 1.82) is 0 Å². The van der Waals surface area contributed by atoms with Crippen LogP contribution >= 0.6 is 15.9 Å². The topological polar surface area (TPSA) is 68.0 Å². The molecule has 0 aliphatic rings. The Kier molecular flexibility index (Phi) is 3.23. The second-order valence-electron chi connectivity index (χ2n) is 3.59. The molecule has 0 bridgehead atoms. The number of aromatic nitrogens is 3. The van der Waals surface area contributed by atoms with Gasteiger partial charge in [0.15, 0.2) is 0 Å². The maximum atomic E-state index is 10.7. The van der Waals surface area contributed by atoms with Crippen LogP contribution in [0.5, 0.6) is 0 Å². The van der Waals surface area contributed by atoms with Gasteiger partial charge in [-0.15, -0.1) is 5.10 Å². The van der Waals surface area contributed by atoms with Crippen molar-refractivity contribution in [2.45, 2.75) is 13.3 Å². The summed E-state index contributed by atoms with van der Waals surface area (Å²) in [4.78, 5) is 10.7. The van der Waals surface area contributed by atoms with Crippen LogP contribution in [0, 0.1) is 6.92 Å². The fraction of sp³-hybridized carbons (Fsp3) is 0.182. The normalized spacial score (nSPS) is 10.5. The third kappa shape index (κ3) is 2.36. The highest BCUT2D eigenvalue weighted by Gasteiger charge is 2.12. The molecule has 88 valence electrons. The number of aliphatic carboxylic acids is 1. The first-order valence-corrected chi connectivity index (χ1v) is 5.75. The fourth-order valence-corrected chi connectivity index (χ4v) is 1.92. The zero-order valence-corrected chi connectivity index (χ0v) is 10.7. The van der Waals surface area contributed by atoms with Crippen LogP contribution in [0.2, 0.25) is 0 Å². The minimum absolute atomic E-state index is 0.0983. The van der Waals surface area contributed by atoms with E-state index < -0.39 is 5.97 Å². The maximum absolute atomic E-state index is 10.7. The van der Waals surface area contributed by atoms with Gasteiger partial charge in [-0.2, -0.15) is 0 Å². The van der Waals surface area contributed by atoms with Gasteiger partial charge in [0, 0.05) is 4.47 Å². The number of hydrogen-bond acceptors (Lipinski definition) is 3. The van der Waals surface area contributed by atoms with E-state index in [1.54, 1.807) is 4.68 Å². The van der Waals surface area contributed by atoms with E-state index in [1.165, 1.54) is 6.20 Å². The number of benzene rings is 1. The number of halogens is 1. The third-order valence-corrected chi connectivity index (χ3v) is 3.28. The molecule has 0 fully saturated rings. The molecule has 0 saturated heterocycles. The van der Waals surface area contributed by atoms with Gasteiger partial charge in [-0.05, 0) is 24.6 Å². The summed E-state index contributed by atoms with van der Waals surface area (Å²) in [7, 11) is 0. The summed E-state index contributed by atoms with van der Waals surface area (Å²) in [5, 5.41) is 16.5. The van der Waals surface area contributed by atoms with E-state index in [9.17, 15) is 4.79 Å².